The highest BCUT2D eigenvalue weighted by atomic mass is 32.2. The number of aromatic nitrogens is 5. The van der Waals surface area contributed by atoms with E-state index in [-0.39, 0.29) is 43.1 Å². The van der Waals surface area contributed by atoms with Crippen LogP contribution < -0.4 is 20.7 Å². The highest BCUT2D eigenvalue weighted by Crippen LogP contribution is 2.46. The number of methoxy groups -OCH3 is 1. The molecule has 2 aliphatic carbocycles. The highest BCUT2D eigenvalue weighted by Gasteiger charge is 2.58. The fraction of sp³-hybridized carbons (Fsp3) is 0.571. The molecule has 2 saturated carbocycles. The molecule has 5 heterocycles. The third-order valence-electron chi connectivity index (χ3n) is 11.0. The zero-order chi connectivity index (χ0) is 36.4. The van der Waals surface area contributed by atoms with Crippen molar-refractivity contribution < 1.29 is 32.2 Å². The maximum atomic E-state index is 14.9. The minimum atomic E-state index is -4.03. The molecule has 2 aliphatic heterocycles. The average molecular weight is 755 g/mol. The van der Waals surface area contributed by atoms with Gasteiger partial charge in [-0.05, 0) is 71.3 Å². The summed E-state index contributed by atoms with van der Waals surface area (Å²) in [5.41, 5.74) is -1.84. The second-order valence-corrected chi connectivity index (χ2v) is 17.7. The highest BCUT2D eigenvalue weighted by molar-refractivity contribution is 7.91. The Morgan fingerprint density at radius 2 is 1.77 bits per heavy atom. The van der Waals surface area contributed by atoms with Crippen LogP contribution in [0.4, 0.5) is 0 Å². The summed E-state index contributed by atoms with van der Waals surface area (Å²) in [6.45, 7) is 3.95. The number of amides is 1. The van der Waals surface area contributed by atoms with Crippen molar-refractivity contribution in [1.82, 2.24) is 28.9 Å². The van der Waals surface area contributed by atoms with E-state index >= 15 is 0 Å². The van der Waals surface area contributed by atoms with Gasteiger partial charge in [0.2, 0.25) is 10.0 Å². The Hall–Kier alpha value is -3.90. The van der Waals surface area contributed by atoms with Crippen molar-refractivity contribution in [2.75, 3.05) is 20.3 Å². The van der Waals surface area contributed by atoms with Crippen LogP contribution in [-0.4, -0.2) is 81.8 Å². The van der Waals surface area contributed by atoms with Crippen LogP contribution in [-0.2, 0) is 41.1 Å². The lowest BCUT2D eigenvalue weighted by atomic mass is 10.0. The number of rotatable bonds is 14. The predicted molar refractivity (Wildman–Crippen MR) is 190 cm³/mol. The van der Waals surface area contributed by atoms with Gasteiger partial charge >= 0.3 is 5.69 Å². The van der Waals surface area contributed by atoms with Gasteiger partial charge in [0.15, 0.2) is 0 Å². The van der Waals surface area contributed by atoms with Crippen molar-refractivity contribution in [3.05, 3.63) is 68.6 Å². The van der Waals surface area contributed by atoms with Gasteiger partial charge in [-0.1, -0.05) is 29.5 Å². The van der Waals surface area contributed by atoms with Gasteiger partial charge in [-0.3, -0.25) is 18.9 Å². The van der Waals surface area contributed by atoms with Crippen LogP contribution in [0.5, 0.6) is 5.75 Å². The average Bonchev–Trinajstić information content (AvgIpc) is 3.92. The number of para-hydroxylation sites is 1. The Morgan fingerprint density at radius 1 is 1.08 bits per heavy atom. The maximum Gasteiger partial charge on any atom is 0.333 e. The molecular weight excluding hydrogens is 713 g/mol. The molecule has 1 N–H and O–H groups in total. The summed E-state index contributed by atoms with van der Waals surface area (Å²) in [6.07, 6.45) is 6.79. The Balaban J connectivity index is 1.27. The Kier molecular flexibility index (Phi) is 8.92. The van der Waals surface area contributed by atoms with E-state index in [0.717, 1.165) is 17.4 Å². The number of nitrogens with one attached hydrogen (secondary N) is 1. The van der Waals surface area contributed by atoms with Gasteiger partial charge in [-0.2, -0.15) is 10.2 Å². The predicted octanol–water partition coefficient (Wildman–Crippen LogP) is 3.09. The molecule has 4 atom stereocenters. The number of aryl methyl sites for hydroxylation is 1. The third-order valence-corrected chi connectivity index (χ3v) is 14.4. The summed E-state index contributed by atoms with van der Waals surface area (Å²) in [5, 5.41) is 9.32. The van der Waals surface area contributed by atoms with E-state index < -0.39 is 43.6 Å². The van der Waals surface area contributed by atoms with Crippen LogP contribution in [0.2, 0.25) is 0 Å². The van der Waals surface area contributed by atoms with Crippen molar-refractivity contribution in [1.29, 1.82) is 0 Å². The van der Waals surface area contributed by atoms with Crippen LogP contribution in [0.25, 0.3) is 15.2 Å². The Labute approximate surface area is 303 Å². The van der Waals surface area contributed by atoms with Crippen LogP contribution in [0.1, 0.15) is 75.5 Å². The number of hydrogen-bond acceptors (Lipinski definition) is 12. The number of sulfonamides is 1. The summed E-state index contributed by atoms with van der Waals surface area (Å²) >= 11 is 1.19. The molecule has 4 aromatic rings. The van der Waals surface area contributed by atoms with Gasteiger partial charge in [0.25, 0.3) is 11.5 Å². The van der Waals surface area contributed by atoms with Crippen LogP contribution in [0, 0.1) is 6.92 Å². The summed E-state index contributed by atoms with van der Waals surface area (Å²) in [4.78, 5) is 45.1. The number of carbonyl (C=O) groups excluding carboxylic acids is 1. The Morgan fingerprint density at radius 3 is 2.42 bits per heavy atom. The minimum absolute atomic E-state index is 0.0348. The molecule has 2 saturated heterocycles. The fourth-order valence-corrected chi connectivity index (χ4v) is 10.0. The summed E-state index contributed by atoms with van der Waals surface area (Å²) in [5.74, 6) is -0.312. The monoisotopic (exact) mass is 754 g/mol. The van der Waals surface area contributed by atoms with Gasteiger partial charge in [0, 0.05) is 18.2 Å². The first-order chi connectivity index (χ1) is 24.9. The molecule has 15 nitrogen and oxygen atoms in total. The summed E-state index contributed by atoms with van der Waals surface area (Å²) < 4.78 is 54.4. The lowest BCUT2D eigenvalue weighted by molar-refractivity contribution is -0.124. The van der Waals surface area contributed by atoms with Crippen LogP contribution in [0.15, 0.2) is 46.2 Å². The number of fused-ring (bicyclic) bond motifs is 3. The summed E-state index contributed by atoms with van der Waals surface area (Å²) in [6, 6.07) is 7.48. The molecule has 0 spiro atoms. The molecule has 3 aromatic heterocycles. The quantitative estimate of drug-likeness (QED) is 0.187. The van der Waals surface area contributed by atoms with Crippen molar-refractivity contribution in [3.8, 4) is 10.8 Å². The molecule has 278 valence electrons. The molecular formula is C35H42N6O9S2. The van der Waals surface area contributed by atoms with Crippen molar-refractivity contribution >= 4 is 37.5 Å². The molecule has 1 unspecified atom stereocenters. The number of hydrogen-bond donors (Lipinski definition) is 1. The molecule has 4 fully saturated rings. The number of carbonyl (C=O) groups is 1. The molecule has 52 heavy (non-hydrogen) atoms. The standard InChI is InChI=1S/C35H42N6O9S2/c1-21-28-29(42)40(35(12-13-35)32(43)38-52(45,46)34(2)10-11-34)33(44)39(31(28)51-30(21)41-36-14-15-37-41)20-27(50-24-18-22-8-9-23(19-24)49-22)25-6-4-5-7-26(25)48-17-16-47-3/h4-7,14-15,22-24,27H,8-13,16-20H2,1-3H3,(H,38,43)/t22-,23+,24?,27-/m0/s1. The number of ether oxygens (including phenoxy) is 4. The maximum absolute atomic E-state index is 14.9. The SMILES string of the molecule is COCCOc1ccccc1[C@H](Cn1c(=O)n(C2(C(=O)NS(=O)(=O)C3(C)CC3)CC2)c(=O)c2c(C)c(-n3nccn3)sc21)OC1C[C@H]2CC[C@@H](C1)O2. The topological polar surface area (TPSA) is 175 Å². The van der Waals surface area contributed by atoms with Crippen LogP contribution in [0.3, 0.4) is 0 Å². The lowest BCUT2D eigenvalue weighted by Gasteiger charge is -2.32. The van der Waals surface area contributed by atoms with E-state index in [1.165, 1.54) is 33.1 Å². The zero-order valence-corrected chi connectivity index (χ0v) is 30.9. The molecule has 0 radical (unpaired) electrons. The summed E-state index contributed by atoms with van der Waals surface area (Å²) in [7, 11) is -2.44. The van der Waals surface area contributed by atoms with Gasteiger partial charge in [-0.25, -0.2) is 17.8 Å². The van der Waals surface area contributed by atoms with E-state index in [1.54, 1.807) is 21.0 Å². The molecule has 1 amide bonds. The minimum Gasteiger partial charge on any atom is -0.491 e. The second kappa shape index (κ2) is 13.2. The molecule has 4 aliphatic rings. The van der Waals surface area contributed by atoms with E-state index in [2.05, 4.69) is 14.9 Å². The number of nitrogens with zero attached hydrogens (tertiary/aromatic N) is 5. The van der Waals surface area contributed by atoms with Gasteiger partial charge in [-0.15, -0.1) is 4.80 Å². The largest absolute Gasteiger partial charge is 0.491 e. The van der Waals surface area contributed by atoms with Crippen molar-refractivity contribution in [3.63, 3.8) is 0 Å². The molecule has 1 aromatic carbocycles. The van der Waals surface area contributed by atoms with E-state index in [0.29, 0.717) is 65.6 Å². The number of benzene rings is 1. The van der Waals surface area contributed by atoms with Crippen molar-refractivity contribution in [2.45, 2.75) is 106 Å². The van der Waals surface area contributed by atoms with E-state index in [9.17, 15) is 22.8 Å². The van der Waals surface area contributed by atoms with Gasteiger partial charge < -0.3 is 18.9 Å². The molecule has 17 heteroatoms. The zero-order valence-electron chi connectivity index (χ0n) is 29.3. The fourth-order valence-electron chi connectivity index (χ4n) is 7.49. The molecule has 2 bridgehead atoms. The normalized spacial score (nSPS) is 23.4. The lowest BCUT2D eigenvalue weighted by Crippen LogP contribution is -2.53. The first kappa shape index (κ1) is 35.1. The van der Waals surface area contributed by atoms with Crippen molar-refractivity contribution in [2.24, 2.45) is 0 Å². The molecule has 8 rings (SSSR count). The third kappa shape index (κ3) is 6.09. The van der Waals surface area contributed by atoms with Gasteiger partial charge in [0.05, 0.1) is 54.0 Å². The first-order valence-electron chi connectivity index (χ1n) is 17.7. The smallest absolute Gasteiger partial charge is 0.333 e. The number of thiophene rings is 1. The first-order valence-corrected chi connectivity index (χ1v) is 20.0. The van der Waals surface area contributed by atoms with Gasteiger partial charge in [0.1, 0.15) is 33.8 Å². The second-order valence-electron chi connectivity index (χ2n) is 14.5. The van der Waals surface area contributed by atoms with Crippen LogP contribution >= 0.6 is 11.3 Å². The van der Waals surface area contributed by atoms with E-state index in [1.807, 2.05) is 24.3 Å². The Bertz CT molecular complexity index is 2230. The van der Waals surface area contributed by atoms with E-state index in [4.69, 9.17) is 18.9 Å².